The van der Waals surface area contributed by atoms with E-state index >= 15 is 0 Å². The molecule has 3 aromatic heterocycles. The lowest BCUT2D eigenvalue weighted by atomic mass is 9.90. The second-order valence-corrected chi connectivity index (χ2v) is 8.09. The lowest BCUT2D eigenvalue weighted by Crippen LogP contribution is -2.09. The number of halogens is 2. The number of aromatic nitrogens is 4. The summed E-state index contributed by atoms with van der Waals surface area (Å²) in [7, 11) is 1.99. The Hall–Kier alpha value is -3.21. The fourth-order valence-electron chi connectivity index (χ4n) is 3.93. The van der Waals surface area contributed by atoms with Crippen LogP contribution in [0.25, 0.3) is 22.0 Å². The third kappa shape index (κ3) is 3.58. The second kappa shape index (κ2) is 8.14. The Morgan fingerprint density at radius 3 is 2.45 bits per heavy atom. The van der Waals surface area contributed by atoms with Gasteiger partial charge in [-0.1, -0.05) is 65.7 Å². The Morgan fingerprint density at radius 1 is 0.935 bits per heavy atom. The fraction of sp³-hybridized carbons (Fsp3) is 0.0800. The van der Waals surface area contributed by atoms with Crippen LogP contribution in [0.1, 0.15) is 22.9 Å². The summed E-state index contributed by atoms with van der Waals surface area (Å²) in [5, 5.41) is 1.84. The highest BCUT2D eigenvalue weighted by Gasteiger charge is 2.23. The quantitative estimate of drug-likeness (QED) is 0.296. The molecule has 0 saturated carbocycles. The van der Waals surface area contributed by atoms with Crippen LogP contribution in [0.15, 0.2) is 85.5 Å². The van der Waals surface area contributed by atoms with E-state index in [1.165, 1.54) is 0 Å². The number of aryl methyl sites for hydroxylation is 1. The molecule has 1 atom stereocenters. The second-order valence-electron chi connectivity index (χ2n) is 7.35. The zero-order chi connectivity index (χ0) is 21.4. The smallest absolute Gasteiger partial charge is 0.139 e. The van der Waals surface area contributed by atoms with Crippen molar-refractivity contribution in [3.8, 4) is 11.1 Å². The first-order valence-corrected chi connectivity index (χ1v) is 10.6. The Labute approximate surface area is 190 Å². The maximum absolute atomic E-state index is 6.90. The number of pyridine rings is 2. The molecule has 2 aromatic carbocycles. The van der Waals surface area contributed by atoms with Crippen LogP contribution in [0.5, 0.6) is 0 Å². The van der Waals surface area contributed by atoms with Crippen LogP contribution in [0.4, 0.5) is 0 Å². The first-order valence-electron chi connectivity index (χ1n) is 9.84. The van der Waals surface area contributed by atoms with Crippen molar-refractivity contribution in [2.75, 3.05) is 0 Å². The largest absolute Gasteiger partial charge is 0.337 e. The minimum atomic E-state index is -0.0926. The van der Waals surface area contributed by atoms with Gasteiger partial charge in [0.05, 0.1) is 34.2 Å². The van der Waals surface area contributed by atoms with Gasteiger partial charge in [-0.05, 0) is 35.4 Å². The van der Waals surface area contributed by atoms with Crippen molar-refractivity contribution in [2.45, 2.75) is 5.92 Å². The fourth-order valence-corrected chi connectivity index (χ4v) is 4.62. The molecule has 0 aliphatic heterocycles. The number of rotatable bonds is 4. The predicted molar refractivity (Wildman–Crippen MR) is 126 cm³/mol. The average Bonchev–Trinajstić information content (AvgIpc) is 3.21. The molecule has 1 unspecified atom stereocenters. The first-order chi connectivity index (χ1) is 15.1. The van der Waals surface area contributed by atoms with E-state index in [9.17, 15) is 0 Å². The minimum absolute atomic E-state index is 0.0926. The van der Waals surface area contributed by atoms with Crippen LogP contribution in [0, 0.1) is 0 Å². The molecule has 5 aromatic rings. The van der Waals surface area contributed by atoms with Crippen molar-refractivity contribution >= 4 is 34.1 Å². The Morgan fingerprint density at radius 2 is 1.74 bits per heavy atom. The van der Waals surface area contributed by atoms with Crippen LogP contribution in [0.2, 0.25) is 10.2 Å². The number of nitrogens with zero attached hydrogens (tertiary/aromatic N) is 4. The van der Waals surface area contributed by atoms with Gasteiger partial charge in [0.15, 0.2) is 0 Å². The first kappa shape index (κ1) is 19.7. The minimum Gasteiger partial charge on any atom is -0.337 e. The summed E-state index contributed by atoms with van der Waals surface area (Å²) in [6, 6.07) is 21.9. The highest BCUT2D eigenvalue weighted by Crippen LogP contribution is 2.40. The topological polar surface area (TPSA) is 43.6 Å². The number of benzene rings is 2. The molecule has 31 heavy (non-hydrogen) atoms. The van der Waals surface area contributed by atoms with E-state index in [0.29, 0.717) is 10.2 Å². The normalized spacial score (nSPS) is 12.2. The van der Waals surface area contributed by atoms with Gasteiger partial charge >= 0.3 is 0 Å². The van der Waals surface area contributed by atoms with Crippen LogP contribution in [0.3, 0.4) is 0 Å². The van der Waals surface area contributed by atoms with Crippen molar-refractivity contribution < 1.29 is 0 Å². The van der Waals surface area contributed by atoms with Gasteiger partial charge in [0.1, 0.15) is 5.15 Å². The summed E-state index contributed by atoms with van der Waals surface area (Å²) in [5.74, 6) is -0.0926. The molecule has 0 spiro atoms. The van der Waals surface area contributed by atoms with Gasteiger partial charge in [-0.3, -0.25) is 4.98 Å². The van der Waals surface area contributed by atoms with Crippen LogP contribution in [-0.2, 0) is 7.05 Å². The number of imidazole rings is 1. The molecule has 152 valence electrons. The summed E-state index contributed by atoms with van der Waals surface area (Å²) in [6.45, 7) is 0. The van der Waals surface area contributed by atoms with E-state index in [-0.39, 0.29) is 5.92 Å². The van der Waals surface area contributed by atoms with Gasteiger partial charge in [-0.2, -0.15) is 0 Å². The lowest BCUT2D eigenvalue weighted by molar-refractivity contribution is 0.777. The molecule has 0 bridgehead atoms. The zero-order valence-corrected chi connectivity index (χ0v) is 18.2. The van der Waals surface area contributed by atoms with E-state index in [2.05, 4.69) is 27.1 Å². The Balaban J connectivity index is 1.74. The molecule has 0 saturated heterocycles. The summed E-state index contributed by atoms with van der Waals surface area (Å²) in [4.78, 5) is 13.6. The van der Waals surface area contributed by atoms with Gasteiger partial charge in [0.2, 0.25) is 0 Å². The summed E-state index contributed by atoms with van der Waals surface area (Å²) < 4.78 is 2.01. The predicted octanol–water partition coefficient (Wildman–Crippen LogP) is 6.52. The third-order valence-electron chi connectivity index (χ3n) is 5.43. The molecular formula is C25H18Cl2N4. The molecule has 3 heterocycles. The summed E-state index contributed by atoms with van der Waals surface area (Å²) in [5.41, 5.74) is 5.46. The monoisotopic (exact) mass is 444 g/mol. The number of hydrogen-bond donors (Lipinski definition) is 0. The van der Waals surface area contributed by atoms with Crippen molar-refractivity contribution in [2.24, 2.45) is 7.05 Å². The number of hydrogen-bond acceptors (Lipinski definition) is 3. The molecule has 0 radical (unpaired) electrons. The maximum Gasteiger partial charge on any atom is 0.139 e. The van der Waals surface area contributed by atoms with E-state index in [1.54, 1.807) is 6.33 Å². The van der Waals surface area contributed by atoms with Crippen LogP contribution >= 0.6 is 23.2 Å². The summed E-state index contributed by atoms with van der Waals surface area (Å²) in [6.07, 6.45) is 5.48. The Bertz CT molecular complexity index is 1360. The molecule has 0 fully saturated rings. The lowest BCUT2D eigenvalue weighted by Gasteiger charge is -2.19. The molecular weight excluding hydrogens is 427 g/mol. The van der Waals surface area contributed by atoms with Crippen molar-refractivity contribution in [3.63, 3.8) is 0 Å². The van der Waals surface area contributed by atoms with E-state index in [0.717, 1.165) is 39.0 Å². The molecule has 4 nitrogen and oxygen atoms in total. The SMILES string of the molecule is Cn1cncc1C(c1ccc2nc(Cl)c(-c3ccccc3)c(Cl)c2c1)c1ccccn1. The van der Waals surface area contributed by atoms with Crippen LogP contribution < -0.4 is 0 Å². The molecule has 0 amide bonds. The molecule has 0 aliphatic carbocycles. The summed E-state index contributed by atoms with van der Waals surface area (Å²) >= 11 is 13.4. The number of fused-ring (bicyclic) bond motifs is 1. The van der Waals surface area contributed by atoms with Crippen molar-refractivity contribution in [1.82, 2.24) is 19.5 Å². The van der Waals surface area contributed by atoms with E-state index in [4.69, 9.17) is 23.2 Å². The van der Waals surface area contributed by atoms with Gasteiger partial charge in [-0.15, -0.1) is 0 Å². The molecule has 0 N–H and O–H groups in total. The van der Waals surface area contributed by atoms with E-state index in [1.807, 2.05) is 78.6 Å². The van der Waals surface area contributed by atoms with Gasteiger partial charge < -0.3 is 4.57 Å². The van der Waals surface area contributed by atoms with Crippen molar-refractivity contribution in [3.05, 3.63) is 113 Å². The molecule has 6 heteroatoms. The van der Waals surface area contributed by atoms with Gasteiger partial charge in [0.25, 0.3) is 0 Å². The highest BCUT2D eigenvalue weighted by molar-refractivity contribution is 6.42. The van der Waals surface area contributed by atoms with E-state index < -0.39 is 0 Å². The van der Waals surface area contributed by atoms with Crippen molar-refractivity contribution in [1.29, 1.82) is 0 Å². The third-order valence-corrected chi connectivity index (χ3v) is 6.10. The Kier molecular flexibility index (Phi) is 5.18. The van der Waals surface area contributed by atoms with Gasteiger partial charge in [-0.25, -0.2) is 9.97 Å². The molecule has 0 aliphatic rings. The standard InChI is InChI=1S/C25H18Cl2N4/c1-31-15-28-14-21(31)22(20-9-5-6-12-29-20)17-10-11-19-18(13-17)24(26)23(25(27)30-19)16-7-3-2-4-8-16/h2-15,22H,1H3. The van der Waals surface area contributed by atoms with Gasteiger partial charge in [0, 0.05) is 30.4 Å². The molecule has 5 rings (SSSR count). The highest BCUT2D eigenvalue weighted by atomic mass is 35.5. The zero-order valence-electron chi connectivity index (χ0n) is 16.7. The van der Waals surface area contributed by atoms with Crippen LogP contribution in [-0.4, -0.2) is 19.5 Å². The average molecular weight is 445 g/mol. The maximum atomic E-state index is 6.90.